The highest BCUT2D eigenvalue weighted by atomic mass is 32.1. The number of anilines is 1. The molecule has 1 aliphatic carbocycles. The largest absolute Gasteiger partial charge is 0.465 e. The van der Waals surface area contributed by atoms with E-state index in [1.165, 1.54) is 18.4 Å². The molecule has 0 unspecified atom stereocenters. The Bertz CT molecular complexity index is 888. The summed E-state index contributed by atoms with van der Waals surface area (Å²) in [4.78, 5) is 26.2. The van der Waals surface area contributed by atoms with Crippen LogP contribution in [-0.2, 0) is 17.6 Å². The van der Waals surface area contributed by atoms with Gasteiger partial charge in [-0.25, -0.2) is 4.79 Å². The van der Waals surface area contributed by atoms with Gasteiger partial charge in [-0.2, -0.15) is 0 Å². The highest BCUT2D eigenvalue weighted by Gasteiger charge is 2.29. The van der Waals surface area contributed by atoms with Crippen LogP contribution in [0.25, 0.3) is 0 Å². The molecule has 0 saturated carbocycles. The van der Waals surface area contributed by atoms with Gasteiger partial charge in [0.15, 0.2) is 11.5 Å². The summed E-state index contributed by atoms with van der Waals surface area (Å²) in [5.74, 6) is 1.05. The van der Waals surface area contributed by atoms with E-state index >= 15 is 0 Å². The molecule has 0 radical (unpaired) electrons. The number of ether oxygens (including phenoxy) is 3. The van der Waals surface area contributed by atoms with Crippen LogP contribution in [0.5, 0.6) is 11.5 Å². The fourth-order valence-electron chi connectivity index (χ4n) is 3.37. The van der Waals surface area contributed by atoms with Crippen molar-refractivity contribution < 1.29 is 23.8 Å². The Balaban J connectivity index is 1.65. The van der Waals surface area contributed by atoms with E-state index in [0.717, 1.165) is 29.7 Å². The van der Waals surface area contributed by atoms with Crippen molar-refractivity contribution in [2.75, 3.05) is 19.2 Å². The molecule has 1 amide bonds. The van der Waals surface area contributed by atoms with Crippen molar-refractivity contribution in [1.29, 1.82) is 0 Å². The van der Waals surface area contributed by atoms with Crippen LogP contribution < -0.4 is 14.8 Å². The van der Waals surface area contributed by atoms with Crippen molar-refractivity contribution in [3.05, 3.63) is 39.8 Å². The summed E-state index contributed by atoms with van der Waals surface area (Å²) in [7, 11) is 1.36. The van der Waals surface area contributed by atoms with E-state index in [9.17, 15) is 9.59 Å². The summed E-state index contributed by atoms with van der Waals surface area (Å²) in [5.41, 5.74) is 1.96. The van der Waals surface area contributed by atoms with Crippen LogP contribution in [0.2, 0.25) is 0 Å². The lowest BCUT2D eigenvalue weighted by Crippen LogP contribution is -2.16. The molecular formula is C19H19NO5S. The highest BCUT2D eigenvalue weighted by Crippen LogP contribution is 2.40. The maximum Gasteiger partial charge on any atom is 0.341 e. The van der Waals surface area contributed by atoms with Crippen molar-refractivity contribution in [3.8, 4) is 11.5 Å². The van der Waals surface area contributed by atoms with E-state index in [2.05, 4.69) is 12.2 Å². The van der Waals surface area contributed by atoms with Crippen LogP contribution in [0.15, 0.2) is 18.2 Å². The van der Waals surface area contributed by atoms with Gasteiger partial charge >= 0.3 is 5.97 Å². The van der Waals surface area contributed by atoms with Crippen LogP contribution in [0.1, 0.15) is 44.5 Å². The predicted octanol–water partition coefficient (Wildman–Crippen LogP) is 3.64. The topological polar surface area (TPSA) is 73.9 Å². The zero-order valence-electron chi connectivity index (χ0n) is 14.6. The SMILES string of the molecule is COC(=O)c1c(NC(=O)c2ccc3c(c2)OCO3)sc2c1CC[C@H](C)C2. The molecule has 6 nitrogen and oxygen atoms in total. The average Bonchev–Trinajstić information content (AvgIpc) is 3.23. The summed E-state index contributed by atoms with van der Waals surface area (Å²) >= 11 is 1.47. The van der Waals surface area contributed by atoms with E-state index in [-0.39, 0.29) is 12.7 Å². The van der Waals surface area contributed by atoms with Gasteiger partial charge in [0.05, 0.1) is 12.7 Å². The van der Waals surface area contributed by atoms with Crippen LogP contribution >= 0.6 is 11.3 Å². The third kappa shape index (κ3) is 2.92. The second-order valence-corrected chi connectivity index (χ2v) is 7.67. The Hall–Kier alpha value is -2.54. The molecule has 1 atom stereocenters. The summed E-state index contributed by atoms with van der Waals surface area (Å²) < 4.78 is 15.5. The molecule has 2 aromatic rings. The average molecular weight is 373 g/mol. The quantitative estimate of drug-likeness (QED) is 0.832. The van der Waals surface area contributed by atoms with Gasteiger partial charge < -0.3 is 19.5 Å². The number of benzene rings is 1. The number of carbonyl (C=O) groups is 2. The molecule has 0 spiro atoms. The normalized spacial score (nSPS) is 17.5. The second kappa shape index (κ2) is 6.64. The predicted molar refractivity (Wildman–Crippen MR) is 97.4 cm³/mol. The summed E-state index contributed by atoms with van der Waals surface area (Å²) in [6.07, 6.45) is 2.78. The molecule has 2 aliphatic rings. The van der Waals surface area contributed by atoms with Crippen LogP contribution in [0.4, 0.5) is 5.00 Å². The minimum atomic E-state index is -0.405. The van der Waals surface area contributed by atoms with Crippen molar-refractivity contribution in [3.63, 3.8) is 0 Å². The molecule has 2 heterocycles. The molecule has 26 heavy (non-hydrogen) atoms. The first-order chi connectivity index (χ1) is 12.6. The first kappa shape index (κ1) is 16.9. The molecule has 136 valence electrons. The molecular weight excluding hydrogens is 354 g/mol. The van der Waals surface area contributed by atoms with Crippen molar-refractivity contribution in [2.24, 2.45) is 5.92 Å². The molecule has 4 rings (SSSR count). The maximum absolute atomic E-state index is 12.7. The third-order valence-corrected chi connectivity index (χ3v) is 5.93. The Morgan fingerprint density at radius 3 is 2.88 bits per heavy atom. The van der Waals surface area contributed by atoms with E-state index in [0.29, 0.717) is 33.5 Å². The first-order valence-corrected chi connectivity index (χ1v) is 9.32. The number of rotatable bonds is 3. The van der Waals surface area contributed by atoms with Gasteiger partial charge in [0.25, 0.3) is 5.91 Å². The fraction of sp³-hybridized carbons (Fsp3) is 0.368. The lowest BCUT2D eigenvalue weighted by Gasteiger charge is -2.18. The zero-order chi connectivity index (χ0) is 18.3. The fourth-order valence-corrected chi connectivity index (χ4v) is 4.76. The number of thiophene rings is 1. The van der Waals surface area contributed by atoms with Gasteiger partial charge in [-0.05, 0) is 48.9 Å². The number of carbonyl (C=O) groups excluding carboxylic acids is 2. The van der Waals surface area contributed by atoms with E-state index in [1.807, 2.05) is 0 Å². The van der Waals surface area contributed by atoms with E-state index in [4.69, 9.17) is 14.2 Å². The second-order valence-electron chi connectivity index (χ2n) is 6.57. The maximum atomic E-state index is 12.7. The van der Waals surface area contributed by atoms with E-state index in [1.54, 1.807) is 18.2 Å². The molecule has 1 N–H and O–H groups in total. The van der Waals surface area contributed by atoms with Gasteiger partial charge in [-0.15, -0.1) is 11.3 Å². The highest BCUT2D eigenvalue weighted by molar-refractivity contribution is 7.17. The van der Waals surface area contributed by atoms with Crippen molar-refractivity contribution in [1.82, 2.24) is 0 Å². The molecule has 1 aliphatic heterocycles. The van der Waals surface area contributed by atoms with Crippen LogP contribution in [-0.4, -0.2) is 25.8 Å². The van der Waals surface area contributed by atoms with Gasteiger partial charge in [-0.3, -0.25) is 4.79 Å². The molecule has 0 fully saturated rings. The number of nitrogens with one attached hydrogen (secondary N) is 1. The Morgan fingerprint density at radius 1 is 1.27 bits per heavy atom. The van der Waals surface area contributed by atoms with Crippen LogP contribution in [0, 0.1) is 5.92 Å². The molecule has 1 aromatic carbocycles. The smallest absolute Gasteiger partial charge is 0.341 e. The Morgan fingerprint density at radius 2 is 2.08 bits per heavy atom. The monoisotopic (exact) mass is 373 g/mol. The molecule has 7 heteroatoms. The Kier molecular flexibility index (Phi) is 4.32. The van der Waals surface area contributed by atoms with Gasteiger partial charge in [-0.1, -0.05) is 6.92 Å². The summed E-state index contributed by atoms with van der Waals surface area (Å²) in [6.45, 7) is 2.36. The lowest BCUT2D eigenvalue weighted by molar-refractivity contribution is 0.0601. The van der Waals surface area contributed by atoms with Gasteiger partial charge in [0.1, 0.15) is 5.00 Å². The van der Waals surface area contributed by atoms with Gasteiger partial charge in [0.2, 0.25) is 6.79 Å². The Labute approximate surface area is 155 Å². The number of fused-ring (bicyclic) bond motifs is 2. The summed E-state index contributed by atoms with van der Waals surface area (Å²) in [6, 6.07) is 5.03. The minimum Gasteiger partial charge on any atom is -0.465 e. The number of hydrogen-bond donors (Lipinski definition) is 1. The standard InChI is InChI=1S/C19H19NO5S/c1-10-3-5-12-15(7-10)26-18(16(12)19(22)23-2)20-17(21)11-4-6-13-14(8-11)25-9-24-13/h4,6,8,10H,3,5,7,9H2,1-2H3,(H,20,21)/t10-/m0/s1. The minimum absolute atomic E-state index is 0.155. The number of methoxy groups -OCH3 is 1. The molecule has 0 saturated heterocycles. The van der Waals surface area contributed by atoms with Gasteiger partial charge in [0, 0.05) is 10.4 Å². The molecule has 0 bridgehead atoms. The zero-order valence-corrected chi connectivity index (χ0v) is 15.4. The van der Waals surface area contributed by atoms with Crippen molar-refractivity contribution in [2.45, 2.75) is 26.2 Å². The van der Waals surface area contributed by atoms with E-state index < -0.39 is 5.97 Å². The third-order valence-electron chi connectivity index (χ3n) is 4.76. The summed E-state index contributed by atoms with van der Waals surface area (Å²) in [5, 5.41) is 3.44. The first-order valence-electron chi connectivity index (χ1n) is 8.50. The number of amides is 1. The molecule has 1 aromatic heterocycles. The lowest BCUT2D eigenvalue weighted by atomic mass is 9.88. The number of hydrogen-bond acceptors (Lipinski definition) is 6. The van der Waals surface area contributed by atoms with Crippen LogP contribution in [0.3, 0.4) is 0 Å². The van der Waals surface area contributed by atoms with Crippen molar-refractivity contribution >= 4 is 28.2 Å². The number of esters is 1.